The van der Waals surface area contributed by atoms with E-state index in [4.69, 9.17) is 4.74 Å². The minimum Gasteiger partial charge on any atom is -0.370 e. The van der Waals surface area contributed by atoms with Crippen LogP contribution in [0.1, 0.15) is 43.6 Å². The molecule has 2 aliphatic rings. The molecule has 1 aromatic rings. The average Bonchev–Trinajstić information content (AvgIpc) is 2.85. The number of rotatable bonds is 1. The number of fused-ring (bicyclic) bond motifs is 1. The van der Waals surface area contributed by atoms with Crippen molar-refractivity contribution in [3.63, 3.8) is 0 Å². The van der Waals surface area contributed by atoms with Crippen molar-refractivity contribution >= 4 is 0 Å². The van der Waals surface area contributed by atoms with Crippen LogP contribution < -0.4 is 5.32 Å². The molecular weight excluding hydrogens is 192 g/mol. The van der Waals surface area contributed by atoms with Gasteiger partial charge < -0.3 is 14.6 Å². The van der Waals surface area contributed by atoms with Gasteiger partial charge in [-0.3, -0.25) is 0 Å². The molecule has 5 heteroatoms. The highest BCUT2D eigenvalue weighted by Crippen LogP contribution is 2.29. The first-order chi connectivity index (χ1) is 7.36. The number of nitrogens with one attached hydrogen (secondary N) is 1. The van der Waals surface area contributed by atoms with Gasteiger partial charge in [0.15, 0.2) is 5.82 Å². The van der Waals surface area contributed by atoms with Crippen molar-refractivity contribution in [3.05, 3.63) is 11.6 Å². The van der Waals surface area contributed by atoms with Crippen LogP contribution in [0.5, 0.6) is 0 Å². The third-order valence-electron chi connectivity index (χ3n) is 3.20. The highest BCUT2D eigenvalue weighted by atomic mass is 16.5. The van der Waals surface area contributed by atoms with Gasteiger partial charge in [0.05, 0.1) is 6.04 Å². The largest absolute Gasteiger partial charge is 0.370 e. The van der Waals surface area contributed by atoms with Crippen molar-refractivity contribution < 1.29 is 4.74 Å². The smallest absolute Gasteiger partial charge is 0.162 e. The maximum absolute atomic E-state index is 5.65. The minimum atomic E-state index is 0.177. The Hall–Kier alpha value is -0.940. The van der Waals surface area contributed by atoms with Gasteiger partial charge in [0.2, 0.25) is 0 Å². The van der Waals surface area contributed by atoms with Crippen molar-refractivity contribution in [3.8, 4) is 0 Å². The van der Waals surface area contributed by atoms with E-state index in [9.17, 15) is 0 Å². The molecule has 82 valence electrons. The monoisotopic (exact) mass is 208 g/mol. The summed E-state index contributed by atoms with van der Waals surface area (Å²) in [5, 5.41) is 11.9. The molecule has 2 aliphatic heterocycles. The summed E-state index contributed by atoms with van der Waals surface area (Å²) in [7, 11) is 0. The van der Waals surface area contributed by atoms with Crippen LogP contribution in [0.15, 0.2) is 0 Å². The summed E-state index contributed by atoms with van der Waals surface area (Å²) in [6, 6.07) is 0.307. The minimum absolute atomic E-state index is 0.177. The maximum atomic E-state index is 5.65. The number of hydrogen-bond donors (Lipinski definition) is 1. The van der Waals surface area contributed by atoms with Crippen molar-refractivity contribution in [2.45, 2.75) is 38.5 Å². The van der Waals surface area contributed by atoms with Gasteiger partial charge in [-0.05, 0) is 19.8 Å². The molecule has 1 N–H and O–H groups in total. The van der Waals surface area contributed by atoms with Crippen LogP contribution in [-0.4, -0.2) is 27.9 Å². The van der Waals surface area contributed by atoms with Gasteiger partial charge in [-0.25, -0.2) is 0 Å². The van der Waals surface area contributed by atoms with Crippen molar-refractivity contribution in [1.29, 1.82) is 0 Å². The van der Waals surface area contributed by atoms with Crippen molar-refractivity contribution in [1.82, 2.24) is 20.1 Å². The third-order valence-corrected chi connectivity index (χ3v) is 3.20. The fourth-order valence-corrected chi connectivity index (χ4v) is 2.38. The third kappa shape index (κ3) is 1.46. The van der Waals surface area contributed by atoms with E-state index in [-0.39, 0.29) is 6.10 Å². The number of hydrogen-bond acceptors (Lipinski definition) is 4. The molecule has 3 heterocycles. The molecule has 5 nitrogen and oxygen atoms in total. The van der Waals surface area contributed by atoms with E-state index in [1.54, 1.807) is 0 Å². The molecule has 1 fully saturated rings. The first-order valence-corrected chi connectivity index (χ1v) is 5.64. The molecule has 2 unspecified atom stereocenters. The summed E-state index contributed by atoms with van der Waals surface area (Å²) in [6.07, 6.45) is 2.40. The fraction of sp³-hybridized carbons (Fsp3) is 0.800. The predicted molar refractivity (Wildman–Crippen MR) is 54.4 cm³/mol. The van der Waals surface area contributed by atoms with Crippen molar-refractivity contribution in [2.24, 2.45) is 0 Å². The van der Waals surface area contributed by atoms with Gasteiger partial charge in [-0.2, -0.15) is 0 Å². The van der Waals surface area contributed by atoms with Gasteiger partial charge in [0.25, 0.3) is 0 Å². The number of nitrogens with zero attached hydrogens (tertiary/aromatic N) is 3. The van der Waals surface area contributed by atoms with E-state index in [1.165, 1.54) is 0 Å². The molecular formula is C10H16N4O. The molecule has 0 aliphatic carbocycles. The van der Waals surface area contributed by atoms with E-state index < -0.39 is 0 Å². The first kappa shape index (κ1) is 9.30. The second kappa shape index (κ2) is 3.57. The van der Waals surface area contributed by atoms with Gasteiger partial charge in [0.1, 0.15) is 11.9 Å². The number of ether oxygens (including phenoxy) is 1. The van der Waals surface area contributed by atoms with Crippen LogP contribution >= 0.6 is 0 Å². The molecule has 2 atom stereocenters. The Kier molecular flexibility index (Phi) is 2.21. The zero-order valence-corrected chi connectivity index (χ0v) is 8.94. The summed E-state index contributed by atoms with van der Waals surface area (Å²) in [4.78, 5) is 0. The summed E-state index contributed by atoms with van der Waals surface area (Å²) < 4.78 is 7.87. The number of aromatic nitrogens is 3. The molecule has 1 aromatic heterocycles. The molecule has 15 heavy (non-hydrogen) atoms. The van der Waals surface area contributed by atoms with Crippen LogP contribution in [0.3, 0.4) is 0 Å². The fourth-order valence-electron chi connectivity index (χ4n) is 2.38. The lowest BCUT2D eigenvalue weighted by atomic mass is 10.2. The lowest BCUT2D eigenvalue weighted by Gasteiger charge is -2.23. The van der Waals surface area contributed by atoms with Crippen LogP contribution in [0.25, 0.3) is 0 Å². The standard InChI is InChI=1S/C10H16N4O/c1-7-9-12-13-10(8-3-2-6-15-8)14(9)5-4-11-7/h7-8,11H,2-6H2,1H3. The SMILES string of the molecule is CC1NCCn2c1nnc2C1CCCO1. The lowest BCUT2D eigenvalue weighted by molar-refractivity contribution is 0.101. The Morgan fingerprint density at radius 3 is 3.07 bits per heavy atom. The molecule has 0 saturated carbocycles. The first-order valence-electron chi connectivity index (χ1n) is 5.64. The Morgan fingerprint density at radius 1 is 1.40 bits per heavy atom. The van der Waals surface area contributed by atoms with E-state index in [1.807, 2.05) is 0 Å². The Bertz CT molecular complexity index is 356. The van der Waals surface area contributed by atoms with Crippen molar-refractivity contribution in [2.75, 3.05) is 13.2 Å². The van der Waals surface area contributed by atoms with Crippen LogP contribution in [0, 0.1) is 0 Å². The van der Waals surface area contributed by atoms with Gasteiger partial charge in [0, 0.05) is 19.7 Å². The molecule has 0 amide bonds. The van der Waals surface area contributed by atoms with E-state index >= 15 is 0 Å². The molecule has 1 saturated heterocycles. The lowest BCUT2D eigenvalue weighted by Crippen LogP contribution is -2.32. The second-order valence-corrected chi connectivity index (χ2v) is 4.25. The van der Waals surface area contributed by atoms with E-state index in [0.717, 1.165) is 44.2 Å². The average molecular weight is 208 g/mol. The molecule has 0 aromatic carbocycles. The molecule has 3 rings (SSSR count). The second-order valence-electron chi connectivity index (χ2n) is 4.25. The van der Waals surface area contributed by atoms with E-state index in [0.29, 0.717) is 6.04 Å². The van der Waals surface area contributed by atoms with Gasteiger partial charge in [-0.1, -0.05) is 0 Å². The predicted octanol–water partition coefficient (Wildman–Crippen LogP) is 0.794. The maximum Gasteiger partial charge on any atom is 0.162 e. The zero-order chi connectivity index (χ0) is 10.3. The zero-order valence-electron chi connectivity index (χ0n) is 8.94. The Balaban J connectivity index is 1.95. The van der Waals surface area contributed by atoms with Gasteiger partial charge in [-0.15, -0.1) is 10.2 Å². The Morgan fingerprint density at radius 2 is 2.27 bits per heavy atom. The Labute approximate surface area is 88.8 Å². The van der Waals surface area contributed by atoms with Gasteiger partial charge >= 0.3 is 0 Å². The van der Waals surface area contributed by atoms with Crippen LogP contribution in [0.4, 0.5) is 0 Å². The van der Waals surface area contributed by atoms with Crippen LogP contribution in [0.2, 0.25) is 0 Å². The summed E-state index contributed by atoms with van der Waals surface area (Å²) in [5.41, 5.74) is 0. The highest BCUT2D eigenvalue weighted by molar-refractivity contribution is 5.06. The quantitative estimate of drug-likeness (QED) is 0.741. The van der Waals surface area contributed by atoms with E-state index in [2.05, 4.69) is 27.0 Å². The van der Waals surface area contributed by atoms with Crippen LogP contribution in [-0.2, 0) is 11.3 Å². The molecule has 0 radical (unpaired) electrons. The normalized spacial score (nSPS) is 30.5. The highest BCUT2D eigenvalue weighted by Gasteiger charge is 2.28. The molecule has 0 spiro atoms. The summed E-state index contributed by atoms with van der Waals surface area (Å²) in [5.74, 6) is 2.07. The summed E-state index contributed by atoms with van der Waals surface area (Å²) >= 11 is 0. The topological polar surface area (TPSA) is 52.0 Å². The summed E-state index contributed by atoms with van der Waals surface area (Å²) in [6.45, 7) is 4.94. The molecule has 0 bridgehead atoms.